The highest BCUT2D eigenvalue weighted by Gasteiger charge is 2.42. The summed E-state index contributed by atoms with van der Waals surface area (Å²) >= 11 is 0. The molecule has 0 aromatic heterocycles. The zero-order chi connectivity index (χ0) is 7.90. The third-order valence-electron chi connectivity index (χ3n) is 3.30. The molecule has 0 aromatic carbocycles. The van der Waals surface area contributed by atoms with E-state index in [-0.39, 0.29) is 5.54 Å². The summed E-state index contributed by atoms with van der Waals surface area (Å²) < 4.78 is 0. The average molecular weight is 155 g/mol. The van der Waals surface area contributed by atoms with Crippen molar-refractivity contribution in [1.82, 2.24) is 4.90 Å². The first-order valence-electron chi connectivity index (χ1n) is 4.46. The number of rotatable bonds is 1. The maximum atomic E-state index is 6.18. The molecule has 0 saturated carbocycles. The lowest BCUT2D eigenvalue weighted by atomic mass is 9.73. The standard InChI is InChI=1S/C8H17N3/c9-5-8(10)6-11-3-1-7(8)2-4-11/h7H,1-6,9-10H2. The number of nitrogens with zero attached hydrogens (tertiary/aromatic N) is 1. The second-order valence-electron chi connectivity index (χ2n) is 3.99. The monoisotopic (exact) mass is 155 g/mol. The van der Waals surface area contributed by atoms with Gasteiger partial charge < -0.3 is 16.4 Å². The van der Waals surface area contributed by atoms with Crippen LogP contribution >= 0.6 is 0 Å². The van der Waals surface area contributed by atoms with Crippen LogP contribution < -0.4 is 11.5 Å². The van der Waals surface area contributed by atoms with E-state index in [4.69, 9.17) is 11.5 Å². The third kappa shape index (κ3) is 1.08. The number of piperidine rings is 3. The summed E-state index contributed by atoms with van der Waals surface area (Å²) in [4.78, 5) is 2.44. The minimum atomic E-state index is -0.0590. The number of hydrogen-bond donors (Lipinski definition) is 2. The Bertz CT molecular complexity index is 151. The molecule has 3 saturated heterocycles. The van der Waals surface area contributed by atoms with Crippen LogP contribution in [0.2, 0.25) is 0 Å². The minimum Gasteiger partial charge on any atom is -0.329 e. The van der Waals surface area contributed by atoms with E-state index in [2.05, 4.69) is 4.90 Å². The highest BCUT2D eigenvalue weighted by atomic mass is 15.2. The molecule has 3 aliphatic rings. The van der Waals surface area contributed by atoms with Crippen LogP contribution in [0.1, 0.15) is 12.8 Å². The number of hydrogen-bond acceptors (Lipinski definition) is 3. The summed E-state index contributed by atoms with van der Waals surface area (Å²) in [6, 6.07) is 0. The van der Waals surface area contributed by atoms with Crippen molar-refractivity contribution >= 4 is 0 Å². The first kappa shape index (κ1) is 7.53. The fourth-order valence-electron chi connectivity index (χ4n) is 2.44. The van der Waals surface area contributed by atoms with Gasteiger partial charge in [-0.3, -0.25) is 0 Å². The zero-order valence-electron chi connectivity index (χ0n) is 6.92. The summed E-state index contributed by atoms with van der Waals surface area (Å²) in [6.45, 7) is 4.15. The van der Waals surface area contributed by atoms with Gasteiger partial charge >= 0.3 is 0 Å². The molecule has 1 unspecified atom stereocenters. The molecule has 3 fully saturated rings. The van der Waals surface area contributed by atoms with Crippen LogP contribution in [0.15, 0.2) is 0 Å². The Balaban J connectivity index is 2.13. The molecule has 0 aliphatic carbocycles. The van der Waals surface area contributed by atoms with E-state index in [1.807, 2.05) is 0 Å². The van der Waals surface area contributed by atoms with Gasteiger partial charge in [0.05, 0.1) is 0 Å². The van der Waals surface area contributed by atoms with Gasteiger partial charge in [0, 0.05) is 18.6 Å². The molecule has 64 valence electrons. The normalized spacial score (nSPS) is 49.6. The Hall–Kier alpha value is -0.120. The summed E-state index contributed by atoms with van der Waals surface area (Å²) in [5.74, 6) is 0.692. The lowest BCUT2D eigenvalue weighted by Crippen LogP contribution is -2.67. The minimum absolute atomic E-state index is 0.0590. The highest BCUT2D eigenvalue weighted by molar-refractivity contribution is 5.02. The summed E-state index contributed by atoms with van der Waals surface area (Å²) in [5.41, 5.74) is 11.8. The Morgan fingerprint density at radius 2 is 2.00 bits per heavy atom. The van der Waals surface area contributed by atoms with Gasteiger partial charge in [-0.25, -0.2) is 0 Å². The summed E-state index contributed by atoms with van der Waals surface area (Å²) in [7, 11) is 0. The first-order chi connectivity index (χ1) is 5.24. The van der Waals surface area contributed by atoms with Gasteiger partial charge in [0.25, 0.3) is 0 Å². The summed E-state index contributed by atoms with van der Waals surface area (Å²) in [6.07, 6.45) is 2.52. The molecule has 3 rings (SSSR count). The number of fused-ring (bicyclic) bond motifs is 3. The van der Waals surface area contributed by atoms with Crippen LogP contribution in [0.25, 0.3) is 0 Å². The second-order valence-corrected chi connectivity index (χ2v) is 3.99. The Labute approximate surface area is 67.7 Å². The molecule has 0 aromatic rings. The second kappa shape index (κ2) is 2.44. The predicted molar refractivity (Wildman–Crippen MR) is 45.1 cm³/mol. The van der Waals surface area contributed by atoms with Crippen molar-refractivity contribution in [1.29, 1.82) is 0 Å². The lowest BCUT2D eigenvalue weighted by molar-refractivity contribution is 0.0335. The maximum absolute atomic E-state index is 6.18. The SMILES string of the molecule is NCC1(N)CN2CCC1CC2. The molecule has 0 spiro atoms. The zero-order valence-corrected chi connectivity index (χ0v) is 6.92. The molecular weight excluding hydrogens is 138 g/mol. The first-order valence-corrected chi connectivity index (χ1v) is 4.46. The van der Waals surface area contributed by atoms with Crippen LogP contribution in [0, 0.1) is 5.92 Å². The maximum Gasteiger partial charge on any atom is 0.0437 e. The van der Waals surface area contributed by atoms with Crippen molar-refractivity contribution in [3.8, 4) is 0 Å². The smallest absolute Gasteiger partial charge is 0.0437 e. The third-order valence-corrected chi connectivity index (χ3v) is 3.30. The van der Waals surface area contributed by atoms with Gasteiger partial charge in [-0.05, 0) is 31.8 Å². The Morgan fingerprint density at radius 3 is 2.27 bits per heavy atom. The van der Waals surface area contributed by atoms with Gasteiger partial charge in [0.2, 0.25) is 0 Å². The quantitative estimate of drug-likeness (QED) is 0.530. The van der Waals surface area contributed by atoms with E-state index in [1.54, 1.807) is 0 Å². The van der Waals surface area contributed by atoms with E-state index in [9.17, 15) is 0 Å². The Kier molecular flexibility index (Phi) is 1.67. The molecule has 0 radical (unpaired) electrons. The van der Waals surface area contributed by atoms with Gasteiger partial charge in [-0.2, -0.15) is 0 Å². The molecule has 3 nitrogen and oxygen atoms in total. The largest absolute Gasteiger partial charge is 0.329 e. The molecule has 3 heteroatoms. The fraction of sp³-hybridized carbons (Fsp3) is 1.00. The van der Waals surface area contributed by atoms with E-state index in [1.165, 1.54) is 25.9 Å². The molecule has 1 atom stereocenters. The van der Waals surface area contributed by atoms with Crippen LogP contribution in [0.4, 0.5) is 0 Å². The van der Waals surface area contributed by atoms with Crippen molar-refractivity contribution in [2.45, 2.75) is 18.4 Å². The fourth-order valence-corrected chi connectivity index (χ4v) is 2.44. The molecule has 3 heterocycles. The van der Waals surface area contributed by atoms with Crippen molar-refractivity contribution in [2.24, 2.45) is 17.4 Å². The highest BCUT2D eigenvalue weighted by Crippen LogP contribution is 2.32. The lowest BCUT2D eigenvalue weighted by Gasteiger charge is -2.51. The van der Waals surface area contributed by atoms with Crippen LogP contribution in [0.3, 0.4) is 0 Å². The average Bonchev–Trinajstić information content (AvgIpc) is 2.06. The molecule has 3 aliphatic heterocycles. The molecule has 0 amide bonds. The number of nitrogens with two attached hydrogens (primary N) is 2. The summed E-state index contributed by atoms with van der Waals surface area (Å²) in [5, 5.41) is 0. The van der Waals surface area contributed by atoms with E-state index < -0.39 is 0 Å². The van der Waals surface area contributed by atoms with Crippen molar-refractivity contribution < 1.29 is 0 Å². The molecule has 4 N–H and O–H groups in total. The van der Waals surface area contributed by atoms with Gasteiger partial charge in [-0.15, -0.1) is 0 Å². The van der Waals surface area contributed by atoms with Gasteiger partial charge in [0.1, 0.15) is 0 Å². The topological polar surface area (TPSA) is 55.3 Å². The molecule has 11 heavy (non-hydrogen) atoms. The van der Waals surface area contributed by atoms with Crippen LogP contribution in [-0.2, 0) is 0 Å². The van der Waals surface area contributed by atoms with E-state index >= 15 is 0 Å². The predicted octanol–water partition coefficient (Wildman–Crippen LogP) is -0.632. The van der Waals surface area contributed by atoms with Crippen molar-refractivity contribution in [3.63, 3.8) is 0 Å². The van der Waals surface area contributed by atoms with Crippen LogP contribution in [0.5, 0.6) is 0 Å². The van der Waals surface area contributed by atoms with E-state index in [0.717, 1.165) is 6.54 Å². The molecular formula is C8H17N3. The van der Waals surface area contributed by atoms with Crippen molar-refractivity contribution in [2.75, 3.05) is 26.2 Å². The van der Waals surface area contributed by atoms with Gasteiger partial charge in [-0.1, -0.05) is 0 Å². The van der Waals surface area contributed by atoms with Crippen molar-refractivity contribution in [3.05, 3.63) is 0 Å². The Morgan fingerprint density at radius 1 is 1.36 bits per heavy atom. The van der Waals surface area contributed by atoms with Crippen LogP contribution in [-0.4, -0.2) is 36.6 Å². The van der Waals surface area contributed by atoms with E-state index in [0.29, 0.717) is 12.5 Å². The van der Waals surface area contributed by atoms with Gasteiger partial charge in [0.15, 0.2) is 0 Å². The molecule has 2 bridgehead atoms.